The maximum atomic E-state index is 12.5. The van der Waals surface area contributed by atoms with Crippen LogP contribution >= 0.6 is 0 Å². The molecule has 0 bridgehead atoms. The first-order valence-electron chi connectivity index (χ1n) is 8.14. The fourth-order valence-electron chi connectivity index (χ4n) is 2.98. The van der Waals surface area contributed by atoms with Gasteiger partial charge in [-0.25, -0.2) is 4.68 Å². The first-order chi connectivity index (χ1) is 10.8. The molecular formula is C19H26N2O2. The summed E-state index contributed by atoms with van der Waals surface area (Å²) in [5.74, 6) is 1.00. The number of rotatable bonds is 5. The van der Waals surface area contributed by atoms with Crippen LogP contribution in [0, 0.1) is 27.7 Å². The maximum absolute atomic E-state index is 12.5. The average Bonchev–Trinajstić information content (AvgIpc) is 2.80. The molecule has 1 atom stereocenters. The third kappa shape index (κ3) is 3.63. The molecule has 4 nitrogen and oxygen atoms in total. The second-order valence-corrected chi connectivity index (χ2v) is 6.26. The number of nitrogens with zero attached hydrogens (tertiary/aromatic N) is 2. The molecule has 0 aliphatic heterocycles. The number of benzene rings is 1. The first kappa shape index (κ1) is 17.3. The summed E-state index contributed by atoms with van der Waals surface area (Å²) in [5, 5.41) is 4.42. The lowest BCUT2D eigenvalue weighted by Crippen LogP contribution is -2.22. The van der Waals surface area contributed by atoms with Gasteiger partial charge in [-0.1, -0.05) is 31.5 Å². The largest absolute Gasteiger partial charge is 0.483 e. The highest BCUT2D eigenvalue weighted by molar-refractivity contribution is 5.80. The summed E-state index contributed by atoms with van der Waals surface area (Å²) < 4.78 is 7.18. The molecule has 0 aliphatic rings. The van der Waals surface area contributed by atoms with Crippen LogP contribution in [-0.2, 0) is 0 Å². The zero-order valence-electron chi connectivity index (χ0n) is 14.9. The third-order valence-electron chi connectivity index (χ3n) is 4.37. The fraction of sp³-hybridized carbons (Fsp3) is 0.474. The van der Waals surface area contributed by atoms with Crippen molar-refractivity contribution in [2.45, 2.75) is 53.9 Å². The molecule has 0 fully saturated rings. The van der Waals surface area contributed by atoms with Gasteiger partial charge < -0.3 is 4.74 Å². The van der Waals surface area contributed by atoms with Crippen molar-refractivity contribution in [1.29, 1.82) is 0 Å². The molecule has 1 heterocycles. The van der Waals surface area contributed by atoms with Gasteiger partial charge >= 0.3 is 0 Å². The Kier molecular flexibility index (Phi) is 5.24. The number of hydrogen-bond donors (Lipinski definition) is 0. The van der Waals surface area contributed by atoms with Crippen LogP contribution in [0.3, 0.4) is 0 Å². The second-order valence-electron chi connectivity index (χ2n) is 6.26. The Morgan fingerprint density at radius 2 is 1.96 bits per heavy atom. The molecule has 2 rings (SSSR count). The molecular weight excluding hydrogens is 288 g/mol. The minimum absolute atomic E-state index is 0.00813. The van der Waals surface area contributed by atoms with E-state index in [-0.39, 0.29) is 12.5 Å². The van der Waals surface area contributed by atoms with E-state index in [0.717, 1.165) is 29.1 Å². The third-order valence-corrected chi connectivity index (χ3v) is 4.37. The standard InChI is InChI=1S/C19H26N2O2/c1-7-13(3)19-15(5)20-21(16(19)6)18(22)11-23-17-9-8-12(2)10-14(17)4/h8-10,13H,7,11H2,1-6H3. The van der Waals surface area contributed by atoms with E-state index < -0.39 is 0 Å². The molecule has 0 aliphatic carbocycles. The molecule has 0 spiro atoms. The van der Waals surface area contributed by atoms with Crippen molar-refractivity contribution in [2.75, 3.05) is 6.61 Å². The van der Waals surface area contributed by atoms with Crippen LogP contribution in [-0.4, -0.2) is 22.3 Å². The normalized spacial score (nSPS) is 12.3. The van der Waals surface area contributed by atoms with Gasteiger partial charge in [-0.05, 0) is 57.2 Å². The molecule has 0 amide bonds. The van der Waals surface area contributed by atoms with Crippen LogP contribution in [0.15, 0.2) is 18.2 Å². The Balaban J connectivity index is 2.15. The van der Waals surface area contributed by atoms with Crippen LogP contribution in [0.5, 0.6) is 5.75 Å². The maximum Gasteiger partial charge on any atom is 0.284 e. The zero-order chi connectivity index (χ0) is 17.1. The molecule has 0 radical (unpaired) electrons. The SMILES string of the molecule is CCC(C)c1c(C)nn(C(=O)COc2ccc(C)cc2C)c1C. The molecule has 23 heavy (non-hydrogen) atoms. The van der Waals surface area contributed by atoms with E-state index in [1.54, 1.807) is 0 Å². The monoisotopic (exact) mass is 314 g/mol. The number of hydrogen-bond acceptors (Lipinski definition) is 3. The number of ether oxygens (including phenoxy) is 1. The Labute approximate surface area is 138 Å². The van der Waals surface area contributed by atoms with Crippen molar-refractivity contribution in [1.82, 2.24) is 9.78 Å². The summed E-state index contributed by atoms with van der Waals surface area (Å²) in [6, 6.07) is 5.94. The van der Waals surface area contributed by atoms with Crippen LogP contribution in [0.4, 0.5) is 0 Å². The number of aromatic nitrogens is 2. The molecule has 124 valence electrons. The number of carbonyl (C=O) groups excluding carboxylic acids is 1. The molecule has 1 aromatic carbocycles. The molecule has 0 saturated heterocycles. The fourth-order valence-corrected chi connectivity index (χ4v) is 2.98. The van der Waals surface area contributed by atoms with Gasteiger partial charge in [-0.2, -0.15) is 5.10 Å². The predicted octanol–water partition coefficient (Wildman–Crippen LogP) is 4.35. The molecule has 0 saturated carbocycles. The van der Waals surface area contributed by atoms with Gasteiger partial charge in [0.25, 0.3) is 5.91 Å². The van der Waals surface area contributed by atoms with Crippen LogP contribution < -0.4 is 4.74 Å². The van der Waals surface area contributed by atoms with Gasteiger partial charge in [0.1, 0.15) is 5.75 Å². The van der Waals surface area contributed by atoms with E-state index in [1.807, 2.05) is 45.9 Å². The Morgan fingerprint density at radius 3 is 2.57 bits per heavy atom. The summed E-state index contributed by atoms with van der Waals surface area (Å²) in [5.41, 5.74) is 5.24. The van der Waals surface area contributed by atoms with E-state index in [9.17, 15) is 4.79 Å². The zero-order valence-corrected chi connectivity index (χ0v) is 14.9. The molecule has 1 aromatic heterocycles. The van der Waals surface area contributed by atoms with E-state index in [1.165, 1.54) is 15.8 Å². The van der Waals surface area contributed by atoms with Gasteiger partial charge in [-0.15, -0.1) is 0 Å². The number of aryl methyl sites for hydroxylation is 3. The summed E-state index contributed by atoms with van der Waals surface area (Å²) in [4.78, 5) is 12.5. The number of carbonyl (C=O) groups is 1. The first-order valence-corrected chi connectivity index (χ1v) is 8.14. The van der Waals surface area contributed by atoms with Gasteiger partial charge in [0.15, 0.2) is 6.61 Å². The lowest BCUT2D eigenvalue weighted by molar-refractivity contribution is 0.0817. The minimum atomic E-state index is -0.139. The summed E-state index contributed by atoms with van der Waals surface area (Å²) in [6.45, 7) is 12.2. The van der Waals surface area contributed by atoms with E-state index in [2.05, 4.69) is 18.9 Å². The minimum Gasteiger partial charge on any atom is -0.483 e. The smallest absolute Gasteiger partial charge is 0.284 e. The van der Waals surface area contributed by atoms with Crippen LogP contribution in [0.1, 0.15) is 59.1 Å². The van der Waals surface area contributed by atoms with E-state index in [4.69, 9.17) is 4.74 Å². The van der Waals surface area contributed by atoms with Crippen molar-refractivity contribution in [3.8, 4) is 5.75 Å². The van der Waals surface area contributed by atoms with Crippen molar-refractivity contribution in [3.63, 3.8) is 0 Å². The van der Waals surface area contributed by atoms with Gasteiger partial charge in [0.2, 0.25) is 0 Å². The van der Waals surface area contributed by atoms with Gasteiger partial charge in [-0.3, -0.25) is 4.79 Å². The highest BCUT2D eigenvalue weighted by Crippen LogP contribution is 2.25. The van der Waals surface area contributed by atoms with Crippen molar-refractivity contribution in [2.24, 2.45) is 0 Å². The van der Waals surface area contributed by atoms with Crippen molar-refractivity contribution >= 4 is 5.91 Å². The predicted molar refractivity (Wildman–Crippen MR) is 92.4 cm³/mol. The van der Waals surface area contributed by atoms with Crippen molar-refractivity contribution < 1.29 is 9.53 Å². The highest BCUT2D eigenvalue weighted by atomic mass is 16.5. The summed E-state index contributed by atoms with van der Waals surface area (Å²) >= 11 is 0. The molecule has 1 unspecified atom stereocenters. The quantitative estimate of drug-likeness (QED) is 0.824. The van der Waals surface area contributed by atoms with Gasteiger partial charge in [0.05, 0.1) is 5.69 Å². The van der Waals surface area contributed by atoms with Gasteiger partial charge in [0, 0.05) is 5.69 Å². The Morgan fingerprint density at radius 1 is 1.26 bits per heavy atom. The lowest BCUT2D eigenvalue weighted by Gasteiger charge is -2.11. The lowest BCUT2D eigenvalue weighted by atomic mass is 9.97. The molecule has 0 N–H and O–H groups in total. The Hall–Kier alpha value is -2.10. The molecule has 2 aromatic rings. The Bertz CT molecular complexity index is 716. The van der Waals surface area contributed by atoms with Crippen molar-refractivity contribution in [3.05, 3.63) is 46.3 Å². The summed E-state index contributed by atoms with van der Waals surface area (Å²) in [7, 11) is 0. The topological polar surface area (TPSA) is 44.1 Å². The van der Waals surface area contributed by atoms with Crippen LogP contribution in [0.2, 0.25) is 0 Å². The highest BCUT2D eigenvalue weighted by Gasteiger charge is 2.20. The molecule has 4 heteroatoms. The van der Waals surface area contributed by atoms with E-state index in [0.29, 0.717) is 5.92 Å². The second kappa shape index (κ2) is 6.99. The van der Waals surface area contributed by atoms with E-state index >= 15 is 0 Å². The summed E-state index contributed by atoms with van der Waals surface area (Å²) in [6.07, 6.45) is 1.03. The van der Waals surface area contributed by atoms with Crippen LogP contribution in [0.25, 0.3) is 0 Å². The average molecular weight is 314 g/mol.